The molecule has 0 saturated heterocycles. The molecule has 0 spiro atoms. The molecule has 0 aliphatic heterocycles. The molecule has 0 aromatic rings. The Hall–Kier alpha value is -0.910. The molecule has 0 saturated carbocycles. The van der Waals surface area contributed by atoms with Crippen molar-refractivity contribution in [1.82, 2.24) is 0 Å². The molecule has 0 amide bonds. The van der Waals surface area contributed by atoms with Crippen LogP contribution in [-0.4, -0.2) is 38.3 Å². The monoisotopic (exact) mass is 250 g/mol. The van der Waals surface area contributed by atoms with Crippen molar-refractivity contribution < 1.29 is 22.7 Å². The molecule has 1 unspecified atom stereocenters. The van der Waals surface area contributed by atoms with Crippen LogP contribution in [0.1, 0.15) is 27.2 Å². The van der Waals surface area contributed by atoms with Crippen molar-refractivity contribution in [3.8, 4) is 0 Å². The zero-order valence-corrected chi connectivity index (χ0v) is 10.7. The molecule has 94 valence electrons. The fraction of sp³-hybridized carbons (Fsp3) is 0.800. The first-order chi connectivity index (χ1) is 7.32. The molecule has 0 aliphatic carbocycles. The van der Waals surface area contributed by atoms with Gasteiger partial charge in [-0.1, -0.05) is 13.8 Å². The molecule has 6 heteroatoms. The number of ether oxygens (including phenoxy) is 1. The minimum atomic E-state index is -3.68. The zero-order valence-electron chi connectivity index (χ0n) is 9.86. The number of carbonyl (C=O) groups is 2. The summed E-state index contributed by atoms with van der Waals surface area (Å²) in [7, 11) is -3.68. The molecule has 0 radical (unpaired) electrons. The van der Waals surface area contributed by atoms with Crippen LogP contribution in [0.3, 0.4) is 0 Å². The maximum absolute atomic E-state index is 11.4. The van der Waals surface area contributed by atoms with E-state index in [0.29, 0.717) is 6.42 Å². The highest BCUT2D eigenvalue weighted by molar-refractivity contribution is 7.92. The summed E-state index contributed by atoms with van der Waals surface area (Å²) in [5.74, 6) is -2.76. The smallest absolute Gasteiger partial charge is 0.321 e. The minimum Gasteiger partial charge on any atom is -0.465 e. The number of hydrogen-bond acceptors (Lipinski definition) is 5. The van der Waals surface area contributed by atoms with Crippen LogP contribution < -0.4 is 0 Å². The third kappa shape index (κ3) is 5.85. The molecule has 0 aliphatic rings. The van der Waals surface area contributed by atoms with E-state index in [1.165, 1.54) is 0 Å². The fourth-order valence-corrected chi connectivity index (χ4v) is 2.28. The lowest BCUT2D eigenvalue weighted by Crippen LogP contribution is -2.27. The van der Waals surface area contributed by atoms with Gasteiger partial charge in [-0.3, -0.25) is 9.59 Å². The lowest BCUT2D eigenvalue weighted by molar-refractivity contribution is -0.139. The predicted molar refractivity (Wildman–Crippen MR) is 59.7 cm³/mol. The standard InChI is InChI=1S/C10H18O5S/c1-4-8(3)9(11)6-16(13,14)7-10(12)15-5-2/h8H,4-7H2,1-3H3. The molecule has 0 heterocycles. The topological polar surface area (TPSA) is 77.5 Å². The summed E-state index contributed by atoms with van der Waals surface area (Å²) in [5.41, 5.74) is 0. The van der Waals surface area contributed by atoms with Crippen LogP contribution in [0.5, 0.6) is 0 Å². The first kappa shape index (κ1) is 15.1. The second-order valence-electron chi connectivity index (χ2n) is 3.61. The Labute approximate surface area is 96.1 Å². The normalized spacial score (nSPS) is 13.2. The van der Waals surface area contributed by atoms with Crippen LogP contribution in [0.15, 0.2) is 0 Å². The Bertz CT molecular complexity index is 344. The van der Waals surface area contributed by atoms with Crippen molar-refractivity contribution in [1.29, 1.82) is 0 Å². The zero-order chi connectivity index (χ0) is 12.8. The Kier molecular flexibility index (Phi) is 6.25. The van der Waals surface area contributed by atoms with Gasteiger partial charge in [0.2, 0.25) is 0 Å². The van der Waals surface area contributed by atoms with E-state index in [4.69, 9.17) is 0 Å². The van der Waals surface area contributed by atoms with E-state index in [2.05, 4.69) is 4.74 Å². The van der Waals surface area contributed by atoms with Gasteiger partial charge < -0.3 is 4.74 Å². The second kappa shape index (κ2) is 6.62. The van der Waals surface area contributed by atoms with E-state index in [0.717, 1.165) is 0 Å². The first-order valence-electron chi connectivity index (χ1n) is 5.21. The summed E-state index contributed by atoms with van der Waals surface area (Å²) in [5, 5.41) is 0. The van der Waals surface area contributed by atoms with Gasteiger partial charge in [0.15, 0.2) is 15.6 Å². The average Bonchev–Trinajstić information content (AvgIpc) is 2.14. The van der Waals surface area contributed by atoms with Gasteiger partial charge in [0.1, 0.15) is 11.5 Å². The number of sulfone groups is 1. The molecule has 5 nitrogen and oxygen atoms in total. The Morgan fingerprint density at radius 1 is 1.19 bits per heavy atom. The first-order valence-corrected chi connectivity index (χ1v) is 7.03. The average molecular weight is 250 g/mol. The van der Waals surface area contributed by atoms with Crippen molar-refractivity contribution >= 4 is 21.6 Å². The molecule has 0 rings (SSSR count). The maximum atomic E-state index is 11.4. The summed E-state index contributed by atoms with van der Waals surface area (Å²) >= 11 is 0. The van der Waals surface area contributed by atoms with Gasteiger partial charge in [-0.2, -0.15) is 0 Å². The third-order valence-corrected chi connectivity index (χ3v) is 3.57. The summed E-state index contributed by atoms with van der Waals surface area (Å²) in [6.07, 6.45) is 0.591. The molecule has 0 fully saturated rings. The fourth-order valence-electron chi connectivity index (χ4n) is 1.02. The van der Waals surface area contributed by atoms with E-state index in [-0.39, 0.29) is 18.3 Å². The van der Waals surface area contributed by atoms with Gasteiger partial charge >= 0.3 is 5.97 Å². The van der Waals surface area contributed by atoms with E-state index in [1.54, 1.807) is 20.8 Å². The van der Waals surface area contributed by atoms with Crippen LogP contribution in [0, 0.1) is 5.92 Å². The second-order valence-corrected chi connectivity index (χ2v) is 5.68. The quantitative estimate of drug-likeness (QED) is 0.618. The molecule has 16 heavy (non-hydrogen) atoms. The highest BCUT2D eigenvalue weighted by Crippen LogP contribution is 2.05. The lowest BCUT2D eigenvalue weighted by Gasteiger charge is -2.07. The van der Waals surface area contributed by atoms with Crippen LogP contribution >= 0.6 is 0 Å². The van der Waals surface area contributed by atoms with E-state index < -0.39 is 27.3 Å². The number of Topliss-reactive ketones (excluding diaryl/α,β-unsaturated/α-hetero) is 1. The van der Waals surface area contributed by atoms with E-state index in [9.17, 15) is 18.0 Å². The molecule has 0 bridgehead atoms. The van der Waals surface area contributed by atoms with E-state index in [1.807, 2.05) is 0 Å². The summed E-state index contributed by atoms with van der Waals surface area (Å²) in [6, 6.07) is 0. The highest BCUT2D eigenvalue weighted by atomic mass is 32.2. The van der Waals surface area contributed by atoms with E-state index >= 15 is 0 Å². The SMILES string of the molecule is CCOC(=O)CS(=O)(=O)CC(=O)C(C)CC. The summed E-state index contributed by atoms with van der Waals surface area (Å²) in [6.45, 7) is 5.20. The number of carbonyl (C=O) groups excluding carboxylic acids is 2. The summed E-state index contributed by atoms with van der Waals surface area (Å²) in [4.78, 5) is 22.4. The minimum absolute atomic E-state index is 0.133. The van der Waals surface area contributed by atoms with Gasteiger partial charge in [0, 0.05) is 5.92 Å². The Balaban J connectivity index is 4.36. The van der Waals surface area contributed by atoms with Crippen LogP contribution in [0.4, 0.5) is 0 Å². The number of esters is 1. The molecule has 0 N–H and O–H groups in total. The van der Waals surface area contributed by atoms with Crippen LogP contribution in [0.25, 0.3) is 0 Å². The number of ketones is 1. The largest absolute Gasteiger partial charge is 0.465 e. The Morgan fingerprint density at radius 3 is 2.19 bits per heavy atom. The van der Waals surface area contributed by atoms with Crippen LogP contribution in [-0.2, 0) is 24.2 Å². The molecule has 0 aromatic carbocycles. The highest BCUT2D eigenvalue weighted by Gasteiger charge is 2.23. The van der Waals surface area contributed by atoms with Crippen molar-refractivity contribution in [2.75, 3.05) is 18.1 Å². The van der Waals surface area contributed by atoms with Gasteiger partial charge in [-0.15, -0.1) is 0 Å². The van der Waals surface area contributed by atoms with Crippen molar-refractivity contribution in [2.45, 2.75) is 27.2 Å². The molecular weight excluding hydrogens is 232 g/mol. The number of rotatable bonds is 7. The third-order valence-electron chi connectivity index (χ3n) is 2.17. The molecule has 0 aromatic heterocycles. The lowest BCUT2D eigenvalue weighted by atomic mass is 10.1. The van der Waals surface area contributed by atoms with Crippen LogP contribution in [0.2, 0.25) is 0 Å². The van der Waals surface area contributed by atoms with Gasteiger partial charge in [0.25, 0.3) is 0 Å². The number of hydrogen-bond donors (Lipinski definition) is 0. The maximum Gasteiger partial charge on any atom is 0.321 e. The van der Waals surface area contributed by atoms with Gasteiger partial charge in [-0.05, 0) is 13.3 Å². The van der Waals surface area contributed by atoms with Crippen molar-refractivity contribution in [3.05, 3.63) is 0 Å². The summed E-state index contributed by atoms with van der Waals surface area (Å²) < 4.78 is 27.4. The van der Waals surface area contributed by atoms with Crippen molar-refractivity contribution in [2.24, 2.45) is 5.92 Å². The van der Waals surface area contributed by atoms with Gasteiger partial charge in [0.05, 0.1) is 6.61 Å². The van der Waals surface area contributed by atoms with Gasteiger partial charge in [-0.25, -0.2) is 8.42 Å². The molecule has 1 atom stereocenters. The van der Waals surface area contributed by atoms with Crippen molar-refractivity contribution in [3.63, 3.8) is 0 Å². The predicted octanol–water partition coefficient (Wildman–Crippen LogP) is 0.579. The Morgan fingerprint density at radius 2 is 1.75 bits per heavy atom. The molecular formula is C10H18O5S.